The highest BCUT2D eigenvalue weighted by molar-refractivity contribution is 7.54. The smallest absolute Gasteiger partial charge is 0.364 e. The Kier molecular flexibility index (Phi) is 8.37. The third-order valence-electron chi connectivity index (χ3n) is 5.43. The zero-order valence-corrected chi connectivity index (χ0v) is 19.7. The molecule has 0 spiro atoms. The first kappa shape index (κ1) is 25.3. The van der Waals surface area contributed by atoms with Crippen LogP contribution in [0.2, 0.25) is 18.1 Å². The molecule has 2 radical (unpaired) electrons. The fourth-order valence-corrected chi connectivity index (χ4v) is 5.65. The Morgan fingerprint density at radius 1 is 1.30 bits per heavy atom. The van der Waals surface area contributed by atoms with Gasteiger partial charge in [-0.1, -0.05) is 20.8 Å². The number of halogens is 1. The highest BCUT2D eigenvalue weighted by atomic mass is 31.2. The van der Waals surface area contributed by atoms with Gasteiger partial charge in [-0.3, -0.25) is 4.57 Å². The van der Waals surface area contributed by atoms with Gasteiger partial charge in [0, 0.05) is 12.4 Å². The summed E-state index contributed by atoms with van der Waals surface area (Å²) in [5.74, 6) is -1.91. The molecule has 5 atom stereocenters. The van der Waals surface area contributed by atoms with E-state index in [-0.39, 0.29) is 24.7 Å². The molecule has 0 aliphatic carbocycles. The Morgan fingerprint density at radius 2 is 1.78 bits per heavy atom. The maximum atomic E-state index is 14.9. The summed E-state index contributed by atoms with van der Waals surface area (Å²) in [4.78, 5) is 0. The number of alkyl halides is 1. The van der Waals surface area contributed by atoms with Gasteiger partial charge in [0.25, 0.3) is 0 Å². The summed E-state index contributed by atoms with van der Waals surface area (Å²) in [7, 11) is -0.322. The van der Waals surface area contributed by atoms with Crippen LogP contribution in [0.4, 0.5) is 4.39 Å². The van der Waals surface area contributed by atoms with E-state index >= 15 is 0 Å². The maximum Gasteiger partial charge on any atom is 0.364 e. The summed E-state index contributed by atoms with van der Waals surface area (Å²) in [5.41, 5.74) is -1.50. The van der Waals surface area contributed by atoms with Crippen molar-refractivity contribution in [2.24, 2.45) is 0 Å². The fourth-order valence-electron chi connectivity index (χ4n) is 2.68. The van der Waals surface area contributed by atoms with Crippen molar-refractivity contribution in [3.8, 4) is 0 Å². The van der Waals surface area contributed by atoms with Gasteiger partial charge in [0.1, 0.15) is 19.6 Å². The first-order valence-corrected chi connectivity index (χ1v) is 14.0. The zero-order valence-electron chi connectivity index (χ0n) is 17.8. The van der Waals surface area contributed by atoms with E-state index in [1.807, 2.05) is 13.1 Å². The standard InChI is InChI=1S/C17H35BFO6PSi/c1-9-22-26(21,23-10-2)13(19)11-12-14(17(6,20)15(18)24-12)25-27(7,8)16(3,4)5/h12-15,20H,9-11H2,1-8H3/t12-,13?,14+,15-,17?/m1/s1. The van der Waals surface area contributed by atoms with E-state index < -0.39 is 45.6 Å². The molecule has 158 valence electrons. The minimum atomic E-state index is -3.95. The van der Waals surface area contributed by atoms with Crippen LogP contribution in [0.3, 0.4) is 0 Å². The molecule has 10 heteroatoms. The summed E-state index contributed by atoms with van der Waals surface area (Å²) >= 11 is 0. The molecule has 1 heterocycles. The lowest BCUT2D eigenvalue weighted by Gasteiger charge is -2.42. The molecular formula is C17H35BFO6PSi. The highest BCUT2D eigenvalue weighted by Gasteiger charge is 2.55. The van der Waals surface area contributed by atoms with Crippen LogP contribution in [0, 0.1) is 0 Å². The van der Waals surface area contributed by atoms with Gasteiger partial charge in [0.05, 0.1) is 19.3 Å². The Morgan fingerprint density at radius 3 is 2.19 bits per heavy atom. The molecule has 27 heavy (non-hydrogen) atoms. The molecule has 0 amide bonds. The number of hydrogen-bond donors (Lipinski definition) is 1. The third kappa shape index (κ3) is 5.65. The minimum absolute atomic E-state index is 0.0599. The van der Waals surface area contributed by atoms with Crippen molar-refractivity contribution in [2.45, 2.75) is 95.8 Å². The molecular weight excluding hydrogens is 389 g/mol. The first-order chi connectivity index (χ1) is 12.1. The van der Waals surface area contributed by atoms with E-state index in [9.17, 15) is 14.1 Å². The Hall–Kier alpha value is 0.242. The fraction of sp³-hybridized carbons (Fsp3) is 1.00. The van der Waals surface area contributed by atoms with Crippen LogP contribution >= 0.6 is 7.60 Å². The quantitative estimate of drug-likeness (QED) is 0.446. The molecule has 0 bridgehead atoms. The lowest BCUT2D eigenvalue weighted by Crippen LogP contribution is -2.54. The van der Waals surface area contributed by atoms with Gasteiger partial charge in [0.15, 0.2) is 8.32 Å². The van der Waals surface area contributed by atoms with Gasteiger partial charge in [-0.25, -0.2) is 4.39 Å². The molecule has 0 aromatic rings. The van der Waals surface area contributed by atoms with Crippen molar-refractivity contribution in [3.63, 3.8) is 0 Å². The molecule has 2 unspecified atom stereocenters. The molecule has 0 aromatic heterocycles. The predicted octanol–water partition coefficient (Wildman–Crippen LogP) is 3.97. The molecule has 1 fully saturated rings. The van der Waals surface area contributed by atoms with Crippen molar-refractivity contribution in [1.29, 1.82) is 0 Å². The van der Waals surface area contributed by atoms with E-state index in [1.165, 1.54) is 6.92 Å². The zero-order chi connectivity index (χ0) is 21.3. The van der Waals surface area contributed by atoms with Crippen molar-refractivity contribution < 1.29 is 32.3 Å². The highest BCUT2D eigenvalue weighted by Crippen LogP contribution is 2.56. The summed E-state index contributed by atoms with van der Waals surface area (Å²) in [6, 6.07) is -1.04. The van der Waals surface area contributed by atoms with E-state index in [0.717, 1.165) is 0 Å². The Bertz CT molecular complexity index is 532. The minimum Gasteiger partial charge on any atom is -0.408 e. The second-order valence-corrected chi connectivity index (χ2v) is 15.6. The van der Waals surface area contributed by atoms with Crippen molar-refractivity contribution in [1.82, 2.24) is 0 Å². The Balaban J connectivity index is 3.08. The van der Waals surface area contributed by atoms with Crippen LogP contribution in [-0.4, -0.2) is 64.2 Å². The van der Waals surface area contributed by atoms with E-state index in [4.69, 9.17) is 26.1 Å². The van der Waals surface area contributed by atoms with Gasteiger partial charge in [-0.15, -0.1) is 0 Å². The van der Waals surface area contributed by atoms with Gasteiger partial charge >= 0.3 is 7.60 Å². The molecule has 1 aliphatic rings. The van der Waals surface area contributed by atoms with Crippen molar-refractivity contribution in [2.75, 3.05) is 13.2 Å². The van der Waals surface area contributed by atoms with E-state index in [0.29, 0.717) is 0 Å². The second kappa shape index (κ2) is 8.94. The number of aliphatic hydroxyl groups is 1. The molecule has 0 aromatic carbocycles. The van der Waals surface area contributed by atoms with E-state index in [1.54, 1.807) is 13.8 Å². The molecule has 1 N–H and O–H groups in total. The topological polar surface area (TPSA) is 74.2 Å². The van der Waals surface area contributed by atoms with Gasteiger partial charge in [0.2, 0.25) is 5.91 Å². The number of ether oxygens (including phenoxy) is 1. The van der Waals surface area contributed by atoms with Crippen LogP contribution < -0.4 is 0 Å². The summed E-state index contributed by atoms with van der Waals surface area (Å²) in [5, 5.41) is 10.7. The predicted molar refractivity (Wildman–Crippen MR) is 107 cm³/mol. The molecule has 1 aliphatic heterocycles. The van der Waals surface area contributed by atoms with Gasteiger partial charge < -0.3 is 23.3 Å². The van der Waals surface area contributed by atoms with Crippen molar-refractivity contribution in [3.05, 3.63) is 0 Å². The van der Waals surface area contributed by atoms with Crippen LogP contribution in [0.15, 0.2) is 0 Å². The average molecular weight is 424 g/mol. The first-order valence-electron chi connectivity index (χ1n) is 9.46. The van der Waals surface area contributed by atoms with E-state index in [2.05, 4.69) is 20.8 Å². The number of rotatable bonds is 9. The van der Waals surface area contributed by atoms with Crippen LogP contribution in [-0.2, 0) is 22.8 Å². The van der Waals surface area contributed by atoms with Crippen molar-refractivity contribution >= 4 is 23.8 Å². The second-order valence-electron chi connectivity index (χ2n) is 8.67. The van der Waals surface area contributed by atoms with Gasteiger partial charge in [-0.05, 0) is 38.9 Å². The third-order valence-corrected chi connectivity index (χ3v) is 12.0. The lowest BCUT2D eigenvalue weighted by molar-refractivity contribution is -0.0370. The monoisotopic (exact) mass is 424 g/mol. The average Bonchev–Trinajstić information content (AvgIpc) is 2.69. The molecule has 1 rings (SSSR count). The summed E-state index contributed by atoms with van der Waals surface area (Å²) < 4.78 is 49.8. The van der Waals surface area contributed by atoms with Crippen LogP contribution in [0.1, 0.15) is 48.0 Å². The molecule has 1 saturated heterocycles. The Labute approximate surface area is 165 Å². The molecule has 0 saturated carbocycles. The largest absolute Gasteiger partial charge is 0.408 e. The van der Waals surface area contributed by atoms with Crippen LogP contribution in [0.5, 0.6) is 0 Å². The maximum absolute atomic E-state index is 14.9. The summed E-state index contributed by atoms with van der Waals surface area (Å²) in [6.45, 7) is 15.1. The summed E-state index contributed by atoms with van der Waals surface area (Å²) in [6.07, 6.45) is -2.02. The SMILES string of the molecule is [B][C@@H]1O[C@H](CC(F)P(=O)(OCC)OCC)[C@H](O[Si](C)(C)C(C)(C)C)C1(C)O. The van der Waals surface area contributed by atoms with Crippen LogP contribution in [0.25, 0.3) is 0 Å². The molecule has 6 nitrogen and oxygen atoms in total. The lowest BCUT2D eigenvalue weighted by atomic mass is 9.82. The normalized spacial score (nSPS) is 31.3. The number of hydrogen-bond acceptors (Lipinski definition) is 6. The van der Waals surface area contributed by atoms with Gasteiger partial charge in [-0.2, -0.15) is 0 Å².